The van der Waals surface area contributed by atoms with Gasteiger partial charge in [-0.3, -0.25) is 9.89 Å². The summed E-state index contributed by atoms with van der Waals surface area (Å²) < 4.78 is 5.76. The molecule has 7 heteroatoms. The summed E-state index contributed by atoms with van der Waals surface area (Å²) in [5.74, 6) is 1.31. The fourth-order valence-electron chi connectivity index (χ4n) is 2.96. The Bertz CT molecular complexity index is 636. The number of nitrogens with zero attached hydrogens (tertiary/aromatic N) is 4. The third kappa shape index (κ3) is 2.83. The summed E-state index contributed by atoms with van der Waals surface area (Å²) in [5.41, 5.74) is -0.949. The molecular weight excluding hydrogens is 294 g/mol. The van der Waals surface area contributed by atoms with E-state index in [4.69, 9.17) is 4.74 Å². The second kappa shape index (κ2) is 5.60. The zero-order valence-electron chi connectivity index (χ0n) is 13.9. The minimum Gasteiger partial charge on any atom is -0.367 e. The molecule has 1 saturated heterocycles. The Morgan fingerprint density at radius 3 is 2.74 bits per heavy atom. The van der Waals surface area contributed by atoms with Crippen molar-refractivity contribution >= 4 is 5.91 Å². The lowest BCUT2D eigenvalue weighted by Gasteiger charge is -2.40. The maximum atomic E-state index is 12.7. The minimum atomic E-state index is -0.806. The summed E-state index contributed by atoms with van der Waals surface area (Å²) >= 11 is 0. The minimum absolute atomic E-state index is 0.0601. The average Bonchev–Trinajstić information content (AvgIpc) is 2.97. The zero-order valence-corrected chi connectivity index (χ0v) is 13.9. The molecule has 1 N–H and O–H groups in total. The molecule has 1 saturated carbocycles. The third-order valence-electron chi connectivity index (χ3n) is 4.66. The first kappa shape index (κ1) is 15.9. The van der Waals surface area contributed by atoms with Gasteiger partial charge in [0.05, 0.1) is 19.2 Å². The van der Waals surface area contributed by atoms with Gasteiger partial charge in [-0.1, -0.05) is 20.8 Å². The number of amides is 1. The maximum absolute atomic E-state index is 12.7. The number of hydrogen-bond acceptors (Lipinski definition) is 5. The largest absolute Gasteiger partial charge is 0.367 e. The molecule has 0 spiro atoms. The van der Waals surface area contributed by atoms with Crippen LogP contribution in [0.3, 0.4) is 0 Å². The maximum Gasteiger partial charge on any atom is 0.243 e. The smallest absolute Gasteiger partial charge is 0.243 e. The Morgan fingerprint density at radius 1 is 1.48 bits per heavy atom. The third-order valence-corrected chi connectivity index (χ3v) is 4.66. The highest BCUT2D eigenvalue weighted by molar-refractivity contribution is 5.86. The van der Waals surface area contributed by atoms with E-state index < -0.39 is 5.41 Å². The summed E-state index contributed by atoms with van der Waals surface area (Å²) in [5, 5.41) is 16.5. The highest BCUT2D eigenvalue weighted by Crippen LogP contribution is 2.42. The van der Waals surface area contributed by atoms with Crippen LogP contribution < -0.4 is 0 Å². The number of nitrogens with one attached hydrogen (secondary N) is 1. The number of carbonyl (C=O) groups is 1. The molecule has 1 aromatic heterocycles. The van der Waals surface area contributed by atoms with Crippen LogP contribution in [-0.2, 0) is 14.9 Å². The van der Waals surface area contributed by atoms with E-state index >= 15 is 0 Å². The van der Waals surface area contributed by atoms with E-state index in [-0.39, 0.29) is 17.4 Å². The van der Waals surface area contributed by atoms with Crippen LogP contribution in [0.4, 0.5) is 0 Å². The van der Waals surface area contributed by atoms with Crippen molar-refractivity contribution in [3.05, 3.63) is 11.6 Å². The van der Waals surface area contributed by atoms with E-state index in [0.29, 0.717) is 38.4 Å². The van der Waals surface area contributed by atoms with Crippen LogP contribution in [0.1, 0.15) is 57.8 Å². The van der Waals surface area contributed by atoms with Gasteiger partial charge in [0.25, 0.3) is 0 Å². The quantitative estimate of drug-likeness (QED) is 0.895. The van der Waals surface area contributed by atoms with Crippen molar-refractivity contribution in [2.24, 2.45) is 5.41 Å². The van der Waals surface area contributed by atoms with Crippen LogP contribution in [0.25, 0.3) is 0 Å². The van der Waals surface area contributed by atoms with Crippen molar-refractivity contribution in [1.82, 2.24) is 20.1 Å². The number of rotatable bonds is 2. The molecule has 1 atom stereocenters. The van der Waals surface area contributed by atoms with E-state index in [0.717, 1.165) is 12.2 Å². The van der Waals surface area contributed by atoms with Crippen molar-refractivity contribution in [2.75, 3.05) is 19.7 Å². The van der Waals surface area contributed by atoms with Crippen molar-refractivity contribution in [3.8, 4) is 6.07 Å². The molecule has 1 amide bonds. The van der Waals surface area contributed by atoms with Crippen LogP contribution in [0, 0.1) is 16.7 Å². The average molecular weight is 317 g/mol. The highest BCUT2D eigenvalue weighted by atomic mass is 16.5. The van der Waals surface area contributed by atoms with Gasteiger partial charge in [-0.15, -0.1) is 0 Å². The first-order chi connectivity index (χ1) is 10.9. The molecule has 0 bridgehead atoms. The van der Waals surface area contributed by atoms with E-state index in [2.05, 4.69) is 21.3 Å². The van der Waals surface area contributed by atoms with Crippen LogP contribution >= 0.6 is 0 Å². The van der Waals surface area contributed by atoms with Gasteiger partial charge in [0, 0.05) is 12.0 Å². The van der Waals surface area contributed by atoms with E-state index in [1.54, 1.807) is 4.90 Å². The Kier molecular flexibility index (Phi) is 3.88. The van der Waals surface area contributed by atoms with Crippen molar-refractivity contribution < 1.29 is 9.53 Å². The fraction of sp³-hybridized carbons (Fsp3) is 0.750. The first-order valence-corrected chi connectivity index (χ1v) is 8.11. The van der Waals surface area contributed by atoms with Gasteiger partial charge in [-0.2, -0.15) is 10.4 Å². The molecule has 124 valence electrons. The number of carbonyl (C=O) groups excluding carboxylic acids is 1. The normalized spacial score (nSPS) is 23.9. The molecule has 1 aliphatic carbocycles. The molecule has 2 fully saturated rings. The number of aromatic amines is 1. The molecule has 23 heavy (non-hydrogen) atoms. The molecule has 2 heterocycles. The second-order valence-corrected chi connectivity index (χ2v) is 7.45. The summed E-state index contributed by atoms with van der Waals surface area (Å²) in [6, 6.07) is 2.22. The Morgan fingerprint density at radius 2 is 2.22 bits per heavy atom. The van der Waals surface area contributed by atoms with Crippen LogP contribution in [-0.4, -0.2) is 45.7 Å². The van der Waals surface area contributed by atoms with Gasteiger partial charge < -0.3 is 9.64 Å². The van der Waals surface area contributed by atoms with Gasteiger partial charge in [0.15, 0.2) is 11.6 Å². The standard InChI is InChI=1S/C16H23N5O2/c1-15(2,3)13-18-12(19-20-13)11-9-21(7-8-23-11)14(22)16(10-17)5-4-6-16/h11H,4-9H2,1-3H3,(H,18,19,20)/t11-/m1/s1. The Balaban J connectivity index is 1.73. The highest BCUT2D eigenvalue weighted by Gasteiger charge is 2.47. The number of ether oxygens (including phenoxy) is 1. The van der Waals surface area contributed by atoms with Gasteiger partial charge in [0.2, 0.25) is 5.91 Å². The van der Waals surface area contributed by atoms with Crippen LogP contribution in [0.2, 0.25) is 0 Å². The second-order valence-electron chi connectivity index (χ2n) is 7.45. The number of hydrogen-bond donors (Lipinski definition) is 1. The molecule has 7 nitrogen and oxygen atoms in total. The monoisotopic (exact) mass is 317 g/mol. The Labute approximate surface area is 136 Å². The van der Waals surface area contributed by atoms with Crippen molar-refractivity contribution in [1.29, 1.82) is 5.26 Å². The molecule has 2 aliphatic rings. The Hall–Kier alpha value is -1.94. The number of H-pyrrole nitrogens is 1. The lowest BCUT2D eigenvalue weighted by Crippen LogP contribution is -2.51. The van der Waals surface area contributed by atoms with Gasteiger partial charge >= 0.3 is 0 Å². The molecule has 0 unspecified atom stereocenters. The predicted molar refractivity (Wildman–Crippen MR) is 82.3 cm³/mol. The van der Waals surface area contributed by atoms with Gasteiger partial charge in [0.1, 0.15) is 11.5 Å². The zero-order chi connectivity index (χ0) is 16.7. The topological polar surface area (TPSA) is 94.9 Å². The molecule has 1 aliphatic heterocycles. The summed E-state index contributed by atoms with van der Waals surface area (Å²) in [6.45, 7) is 7.53. The van der Waals surface area contributed by atoms with E-state index in [9.17, 15) is 10.1 Å². The van der Waals surface area contributed by atoms with Crippen molar-refractivity contribution in [3.63, 3.8) is 0 Å². The summed E-state index contributed by atoms with van der Waals surface area (Å²) in [7, 11) is 0. The summed E-state index contributed by atoms with van der Waals surface area (Å²) in [6.07, 6.45) is 1.97. The lowest BCUT2D eigenvalue weighted by molar-refractivity contribution is -0.151. The number of morpholine rings is 1. The van der Waals surface area contributed by atoms with Crippen LogP contribution in [0.15, 0.2) is 0 Å². The molecule has 0 aromatic carbocycles. The van der Waals surface area contributed by atoms with Gasteiger partial charge in [-0.05, 0) is 19.3 Å². The van der Waals surface area contributed by atoms with E-state index in [1.165, 1.54) is 0 Å². The first-order valence-electron chi connectivity index (χ1n) is 8.11. The lowest BCUT2D eigenvalue weighted by atomic mass is 9.69. The molecule has 3 rings (SSSR count). The molecule has 0 radical (unpaired) electrons. The molecular formula is C16H23N5O2. The van der Waals surface area contributed by atoms with Crippen LogP contribution in [0.5, 0.6) is 0 Å². The number of aromatic nitrogens is 3. The van der Waals surface area contributed by atoms with Gasteiger partial charge in [-0.25, -0.2) is 4.98 Å². The fourth-order valence-corrected chi connectivity index (χ4v) is 2.96. The summed E-state index contributed by atoms with van der Waals surface area (Å²) in [4.78, 5) is 18.9. The predicted octanol–water partition coefficient (Wildman–Crippen LogP) is 1.70. The SMILES string of the molecule is CC(C)(C)c1n[nH]c([C@H]2CN(C(=O)C3(C#N)CCC3)CCO2)n1. The van der Waals surface area contributed by atoms with Crippen molar-refractivity contribution in [2.45, 2.75) is 51.6 Å². The number of nitriles is 1. The van der Waals surface area contributed by atoms with E-state index in [1.807, 2.05) is 20.8 Å². The molecule has 1 aromatic rings.